The number of hydrogen-bond acceptors (Lipinski definition) is 4. The zero-order chi connectivity index (χ0) is 13.6. The summed E-state index contributed by atoms with van der Waals surface area (Å²) in [6.45, 7) is 4.58. The van der Waals surface area contributed by atoms with Crippen molar-refractivity contribution in [1.29, 1.82) is 0 Å². The zero-order valence-electron chi connectivity index (χ0n) is 11.4. The normalized spacial score (nSPS) is 24.2. The lowest BCUT2D eigenvalue weighted by molar-refractivity contribution is 0.414. The Hall–Kier alpha value is -1.55. The van der Waals surface area contributed by atoms with E-state index in [0.29, 0.717) is 17.0 Å². The second-order valence-electron chi connectivity index (χ2n) is 5.66. The molecule has 2 N–H and O–H groups in total. The summed E-state index contributed by atoms with van der Waals surface area (Å²) in [6, 6.07) is 8.33. The fourth-order valence-corrected chi connectivity index (χ4v) is 3.69. The molecule has 0 radical (unpaired) electrons. The second kappa shape index (κ2) is 4.23. The van der Waals surface area contributed by atoms with Crippen LogP contribution in [0.25, 0.3) is 0 Å². The molecular formula is C15H18N2OS. The molecule has 0 amide bonds. The van der Waals surface area contributed by atoms with E-state index in [2.05, 4.69) is 42.4 Å². The van der Waals surface area contributed by atoms with Gasteiger partial charge in [0.2, 0.25) is 0 Å². The van der Waals surface area contributed by atoms with Gasteiger partial charge in [-0.2, -0.15) is 0 Å². The highest BCUT2D eigenvalue weighted by atomic mass is 32.1. The molecule has 0 saturated heterocycles. The molecule has 2 aromatic rings. The van der Waals surface area contributed by atoms with Crippen molar-refractivity contribution in [3.63, 3.8) is 0 Å². The van der Waals surface area contributed by atoms with Crippen molar-refractivity contribution in [1.82, 2.24) is 4.98 Å². The van der Waals surface area contributed by atoms with Crippen LogP contribution in [0.4, 0.5) is 5.13 Å². The summed E-state index contributed by atoms with van der Waals surface area (Å²) in [5, 5.41) is 2.74. The minimum Gasteiger partial charge on any atom is -0.497 e. The number of anilines is 1. The van der Waals surface area contributed by atoms with E-state index in [9.17, 15) is 0 Å². The predicted octanol–water partition coefficient (Wildman–Crippen LogP) is 3.64. The van der Waals surface area contributed by atoms with Crippen LogP contribution in [0.5, 0.6) is 5.75 Å². The molecule has 1 aliphatic carbocycles. The monoisotopic (exact) mass is 274 g/mol. The molecule has 0 unspecified atom stereocenters. The van der Waals surface area contributed by atoms with E-state index in [-0.39, 0.29) is 5.41 Å². The van der Waals surface area contributed by atoms with E-state index in [1.807, 2.05) is 6.07 Å². The van der Waals surface area contributed by atoms with Crippen molar-refractivity contribution in [2.24, 2.45) is 5.41 Å². The van der Waals surface area contributed by atoms with Crippen LogP contribution in [0.15, 0.2) is 29.6 Å². The summed E-state index contributed by atoms with van der Waals surface area (Å²) in [5.74, 6) is 1.86. The molecule has 2 atom stereocenters. The van der Waals surface area contributed by atoms with Crippen LogP contribution in [0.3, 0.4) is 0 Å². The first-order chi connectivity index (χ1) is 9.04. The quantitative estimate of drug-likeness (QED) is 0.929. The van der Waals surface area contributed by atoms with Crippen LogP contribution in [0.1, 0.15) is 36.9 Å². The molecule has 3 rings (SSSR count). The van der Waals surface area contributed by atoms with Gasteiger partial charge in [-0.15, -0.1) is 11.3 Å². The van der Waals surface area contributed by atoms with Gasteiger partial charge in [0, 0.05) is 11.3 Å². The third-order valence-electron chi connectivity index (χ3n) is 4.14. The third kappa shape index (κ3) is 2.00. The number of nitrogens with zero attached hydrogens (tertiary/aromatic N) is 1. The van der Waals surface area contributed by atoms with E-state index in [1.54, 1.807) is 7.11 Å². The first-order valence-corrected chi connectivity index (χ1v) is 7.27. The summed E-state index contributed by atoms with van der Waals surface area (Å²) in [7, 11) is 1.70. The van der Waals surface area contributed by atoms with Gasteiger partial charge < -0.3 is 10.5 Å². The Morgan fingerprint density at radius 1 is 1.32 bits per heavy atom. The molecule has 0 aliphatic heterocycles. The number of hydrogen-bond donors (Lipinski definition) is 1. The first-order valence-electron chi connectivity index (χ1n) is 6.39. The highest BCUT2D eigenvalue weighted by Crippen LogP contribution is 2.69. The number of benzene rings is 1. The van der Waals surface area contributed by atoms with Crippen molar-refractivity contribution in [3.05, 3.63) is 40.9 Å². The van der Waals surface area contributed by atoms with Crippen molar-refractivity contribution in [2.45, 2.75) is 25.7 Å². The molecule has 3 nitrogen and oxygen atoms in total. The number of rotatable bonds is 3. The summed E-state index contributed by atoms with van der Waals surface area (Å²) in [6.07, 6.45) is 0. The van der Waals surface area contributed by atoms with Crippen molar-refractivity contribution in [3.8, 4) is 5.75 Å². The summed E-state index contributed by atoms with van der Waals surface area (Å²) in [4.78, 5) is 4.45. The third-order valence-corrected chi connectivity index (χ3v) is 4.83. The molecule has 19 heavy (non-hydrogen) atoms. The minimum absolute atomic E-state index is 0.229. The zero-order valence-corrected chi connectivity index (χ0v) is 12.2. The highest BCUT2D eigenvalue weighted by Gasteiger charge is 2.59. The van der Waals surface area contributed by atoms with Gasteiger partial charge in [-0.3, -0.25) is 0 Å². The van der Waals surface area contributed by atoms with E-state index in [0.717, 1.165) is 11.4 Å². The Bertz CT molecular complexity index is 606. The van der Waals surface area contributed by atoms with Crippen LogP contribution < -0.4 is 10.5 Å². The van der Waals surface area contributed by atoms with Gasteiger partial charge in [0.1, 0.15) is 5.75 Å². The number of ether oxygens (including phenoxy) is 1. The van der Waals surface area contributed by atoms with Crippen LogP contribution in [-0.4, -0.2) is 12.1 Å². The topological polar surface area (TPSA) is 48.1 Å². The maximum absolute atomic E-state index is 5.75. The van der Waals surface area contributed by atoms with Gasteiger partial charge in [0.05, 0.1) is 12.8 Å². The molecule has 100 valence electrons. The average molecular weight is 274 g/mol. The Morgan fingerprint density at radius 3 is 2.74 bits per heavy atom. The molecule has 1 fully saturated rings. The lowest BCUT2D eigenvalue weighted by atomic mass is 10.0. The van der Waals surface area contributed by atoms with E-state index >= 15 is 0 Å². The SMILES string of the molecule is COc1cccc([C@@H]2[C@@H](c3csc(N)n3)C2(C)C)c1. The van der Waals surface area contributed by atoms with Crippen molar-refractivity contribution < 1.29 is 4.74 Å². The molecule has 4 heteroatoms. The minimum atomic E-state index is 0.229. The number of thiazole rings is 1. The molecule has 1 aromatic heterocycles. The summed E-state index contributed by atoms with van der Waals surface area (Å²) < 4.78 is 5.31. The van der Waals surface area contributed by atoms with E-state index in [1.165, 1.54) is 16.9 Å². The molecule has 1 aromatic carbocycles. The van der Waals surface area contributed by atoms with E-state index < -0.39 is 0 Å². The molecular weight excluding hydrogens is 256 g/mol. The Morgan fingerprint density at radius 2 is 2.11 bits per heavy atom. The molecule has 0 spiro atoms. The summed E-state index contributed by atoms with van der Waals surface area (Å²) >= 11 is 1.52. The Labute approximate surface area is 117 Å². The second-order valence-corrected chi connectivity index (χ2v) is 6.55. The largest absolute Gasteiger partial charge is 0.497 e. The molecule has 1 heterocycles. The van der Waals surface area contributed by atoms with Crippen molar-refractivity contribution in [2.75, 3.05) is 12.8 Å². The maximum Gasteiger partial charge on any atom is 0.180 e. The van der Waals surface area contributed by atoms with E-state index in [4.69, 9.17) is 10.5 Å². The van der Waals surface area contributed by atoms with Gasteiger partial charge in [0.25, 0.3) is 0 Å². The Balaban J connectivity index is 1.93. The average Bonchev–Trinajstić information content (AvgIpc) is 2.73. The van der Waals surface area contributed by atoms with Gasteiger partial charge in [0.15, 0.2) is 5.13 Å². The highest BCUT2D eigenvalue weighted by molar-refractivity contribution is 7.13. The Kier molecular flexibility index (Phi) is 2.78. The molecule has 0 bridgehead atoms. The molecule has 1 saturated carbocycles. The van der Waals surface area contributed by atoms with Gasteiger partial charge >= 0.3 is 0 Å². The number of methoxy groups -OCH3 is 1. The standard InChI is InChI=1S/C15H18N2OS/c1-15(2)12(9-5-4-6-10(7-9)18-3)13(15)11-8-19-14(16)17-11/h4-8,12-13H,1-3H3,(H2,16,17)/t12-,13-/m1/s1. The number of nitrogen functional groups attached to an aromatic ring is 1. The number of aromatic nitrogens is 1. The fourth-order valence-electron chi connectivity index (χ4n) is 3.09. The lowest BCUT2D eigenvalue weighted by Gasteiger charge is -2.05. The lowest BCUT2D eigenvalue weighted by Crippen LogP contribution is -1.91. The number of nitrogens with two attached hydrogens (primary N) is 1. The predicted molar refractivity (Wildman–Crippen MR) is 78.8 cm³/mol. The van der Waals surface area contributed by atoms with Gasteiger partial charge in [-0.1, -0.05) is 26.0 Å². The van der Waals surface area contributed by atoms with Crippen LogP contribution >= 0.6 is 11.3 Å². The smallest absolute Gasteiger partial charge is 0.180 e. The first kappa shape index (κ1) is 12.5. The van der Waals surface area contributed by atoms with Gasteiger partial charge in [-0.25, -0.2) is 4.98 Å². The molecule has 1 aliphatic rings. The summed E-state index contributed by atoms with van der Waals surface area (Å²) in [5.41, 5.74) is 8.42. The fraction of sp³-hybridized carbons (Fsp3) is 0.400. The van der Waals surface area contributed by atoms with Crippen LogP contribution in [-0.2, 0) is 0 Å². The van der Waals surface area contributed by atoms with Crippen molar-refractivity contribution >= 4 is 16.5 Å². The van der Waals surface area contributed by atoms with Crippen LogP contribution in [0.2, 0.25) is 0 Å². The van der Waals surface area contributed by atoms with Gasteiger partial charge in [-0.05, 0) is 29.0 Å². The maximum atomic E-state index is 5.75. The van der Waals surface area contributed by atoms with Crippen LogP contribution in [0, 0.1) is 5.41 Å².